The summed E-state index contributed by atoms with van der Waals surface area (Å²) < 4.78 is 1.87. The molecule has 1 heterocycles. The van der Waals surface area contributed by atoms with E-state index in [0.717, 1.165) is 16.6 Å². The predicted octanol–water partition coefficient (Wildman–Crippen LogP) is 1.27. The van der Waals surface area contributed by atoms with E-state index in [1.54, 1.807) is 6.07 Å². The number of phenols is 1. The number of hydrogen-bond acceptors (Lipinski definition) is 3. The largest absolute Gasteiger partial charge is 0.506 e. The van der Waals surface area contributed by atoms with Gasteiger partial charge in [0.2, 0.25) is 0 Å². The molecule has 3 N–H and O–H groups in total. The Bertz CT molecular complexity index is 462. The minimum atomic E-state index is 0.272. The molecule has 0 amide bonds. The molecule has 0 fully saturated rings. The maximum Gasteiger partial charge on any atom is 0.139 e. The standard InChI is InChI=1S/C10H12N2O2/c1-12-8(6-14-11)5-7-3-2-4-9(13)10(7)12/h2-5,13H,6,11H2,1H3. The van der Waals surface area contributed by atoms with Gasteiger partial charge in [-0.05, 0) is 12.1 Å². The van der Waals surface area contributed by atoms with Gasteiger partial charge in [0.25, 0.3) is 0 Å². The van der Waals surface area contributed by atoms with Crippen LogP contribution in [0.15, 0.2) is 24.3 Å². The Hall–Kier alpha value is -1.52. The summed E-state index contributed by atoms with van der Waals surface area (Å²) in [6, 6.07) is 7.36. The van der Waals surface area contributed by atoms with Gasteiger partial charge in [-0.2, -0.15) is 0 Å². The van der Waals surface area contributed by atoms with Crippen molar-refractivity contribution in [2.24, 2.45) is 12.9 Å². The molecule has 1 aromatic carbocycles. The SMILES string of the molecule is Cn1c(CON)cc2cccc(O)c21. The highest BCUT2D eigenvalue weighted by Crippen LogP contribution is 2.26. The number of hydrogen-bond donors (Lipinski definition) is 2. The molecule has 4 nitrogen and oxygen atoms in total. The minimum absolute atomic E-state index is 0.272. The molecule has 0 spiro atoms. The van der Waals surface area contributed by atoms with Crippen molar-refractivity contribution in [2.45, 2.75) is 6.61 Å². The van der Waals surface area contributed by atoms with E-state index in [-0.39, 0.29) is 5.75 Å². The normalized spacial score (nSPS) is 11.0. The molecule has 4 heteroatoms. The van der Waals surface area contributed by atoms with Crippen molar-refractivity contribution in [3.05, 3.63) is 30.0 Å². The molecule has 0 aliphatic carbocycles. The second-order valence-electron chi connectivity index (χ2n) is 3.22. The number of aryl methyl sites for hydroxylation is 1. The molecule has 1 aromatic heterocycles. The van der Waals surface area contributed by atoms with Crippen molar-refractivity contribution in [3.63, 3.8) is 0 Å². The van der Waals surface area contributed by atoms with Crippen LogP contribution < -0.4 is 5.90 Å². The Labute approximate surface area is 81.5 Å². The van der Waals surface area contributed by atoms with E-state index in [4.69, 9.17) is 5.90 Å². The van der Waals surface area contributed by atoms with E-state index in [0.29, 0.717) is 6.61 Å². The first-order valence-corrected chi connectivity index (χ1v) is 4.32. The second-order valence-corrected chi connectivity index (χ2v) is 3.22. The lowest BCUT2D eigenvalue weighted by Gasteiger charge is -2.03. The molecule has 2 rings (SSSR count). The number of aromatic hydroxyl groups is 1. The molecule has 0 atom stereocenters. The summed E-state index contributed by atoms with van der Waals surface area (Å²) in [5.74, 6) is 5.29. The lowest BCUT2D eigenvalue weighted by atomic mass is 10.2. The number of fused-ring (bicyclic) bond motifs is 1. The van der Waals surface area contributed by atoms with Gasteiger partial charge in [-0.3, -0.25) is 4.84 Å². The van der Waals surface area contributed by atoms with Crippen LogP contribution >= 0.6 is 0 Å². The number of rotatable bonds is 2. The molecule has 0 bridgehead atoms. The quantitative estimate of drug-likeness (QED) is 0.704. The van der Waals surface area contributed by atoms with Crippen molar-refractivity contribution in [3.8, 4) is 5.75 Å². The molecule has 0 radical (unpaired) electrons. The fourth-order valence-electron chi connectivity index (χ4n) is 1.67. The first-order chi connectivity index (χ1) is 6.74. The summed E-state index contributed by atoms with van der Waals surface area (Å²) in [5.41, 5.74) is 1.74. The van der Waals surface area contributed by atoms with Crippen LogP contribution in [0.5, 0.6) is 5.75 Å². The first-order valence-electron chi connectivity index (χ1n) is 4.32. The Kier molecular flexibility index (Phi) is 2.15. The maximum absolute atomic E-state index is 9.64. The van der Waals surface area contributed by atoms with Crippen LogP contribution in [0.3, 0.4) is 0 Å². The first kappa shape index (κ1) is 9.05. The van der Waals surface area contributed by atoms with Gasteiger partial charge in [0.1, 0.15) is 12.4 Å². The van der Waals surface area contributed by atoms with Crippen LogP contribution in [0.2, 0.25) is 0 Å². The van der Waals surface area contributed by atoms with Gasteiger partial charge < -0.3 is 9.67 Å². The Morgan fingerprint density at radius 2 is 2.29 bits per heavy atom. The lowest BCUT2D eigenvalue weighted by molar-refractivity contribution is 0.119. The number of aromatic nitrogens is 1. The highest BCUT2D eigenvalue weighted by Gasteiger charge is 2.08. The Morgan fingerprint density at radius 1 is 1.50 bits per heavy atom. The Morgan fingerprint density at radius 3 is 2.93 bits per heavy atom. The van der Waals surface area contributed by atoms with Gasteiger partial charge >= 0.3 is 0 Å². The predicted molar refractivity (Wildman–Crippen MR) is 53.6 cm³/mol. The molecule has 2 aromatic rings. The zero-order valence-corrected chi connectivity index (χ0v) is 7.90. The summed E-state index contributed by atoms with van der Waals surface area (Å²) in [7, 11) is 1.87. The third kappa shape index (κ3) is 1.25. The molecule has 0 aliphatic heterocycles. The van der Waals surface area contributed by atoms with Crippen molar-refractivity contribution < 1.29 is 9.94 Å². The average molecular weight is 192 g/mol. The minimum Gasteiger partial charge on any atom is -0.506 e. The Balaban J connectivity index is 2.68. The van der Waals surface area contributed by atoms with Crippen LogP contribution in [-0.2, 0) is 18.5 Å². The third-order valence-corrected chi connectivity index (χ3v) is 2.37. The van der Waals surface area contributed by atoms with E-state index in [2.05, 4.69) is 4.84 Å². The van der Waals surface area contributed by atoms with E-state index in [1.807, 2.05) is 29.8 Å². The van der Waals surface area contributed by atoms with Gasteiger partial charge in [-0.1, -0.05) is 12.1 Å². The van der Waals surface area contributed by atoms with Crippen LogP contribution in [0, 0.1) is 0 Å². The molecule has 0 unspecified atom stereocenters. The number of para-hydroxylation sites is 1. The number of nitrogens with zero attached hydrogens (tertiary/aromatic N) is 1. The third-order valence-electron chi connectivity index (χ3n) is 2.37. The molecule has 14 heavy (non-hydrogen) atoms. The van der Waals surface area contributed by atoms with Crippen LogP contribution in [0.1, 0.15) is 5.69 Å². The number of nitrogens with two attached hydrogens (primary N) is 1. The lowest BCUT2D eigenvalue weighted by Crippen LogP contribution is -2.03. The van der Waals surface area contributed by atoms with Crippen LogP contribution in [0.4, 0.5) is 0 Å². The highest BCUT2D eigenvalue weighted by molar-refractivity contribution is 5.86. The van der Waals surface area contributed by atoms with Gasteiger partial charge in [-0.25, -0.2) is 5.90 Å². The number of phenolic OH excluding ortho intramolecular Hbond substituents is 1. The molecule has 74 valence electrons. The highest BCUT2D eigenvalue weighted by atomic mass is 16.6. The van der Waals surface area contributed by atoms with Crippen molar-refractivity contribution in [1.29, 1.82) is 0 Å². The maximum atomic E-state index is 9.64. The van der Waals surface area contributed by atoms with Crippen molar-refractivity contribution in [2.75, 3.05) is 0 Å². The van der Waals surface area contributed by atoms with E-state index >= 15 is 0 Å². The van der Waals surface area contributed by atoms with E-state index in [1.165, 1.54) is 0 Å². The molecule has 0 saturated carbocycles. The average Bonchev–Trinajstić information content (AvgIpc) is 2.46. The molecule has 0 aliphatic rings. The van der Waals surface area contributed by atoms with E-state index in [9.17, 15) is 5.11 Å². The summed E-state index contributed by atoms with van der Waals surface area (Å²) in [5, 5.41) is 10.6. The monoisotopic (exact) mass is 192 g/mol. The molecular formula is C10H12N2O2. The van der Waals surface area contributed by atoms with Crippen molar-refractivity contribution >= 4 is 10.9 Å². The summed E-state index contributed by atoms with van der Waals surface area (Å²) >= 11 is 0. The van der Waals surface area contributed by atoms with E-state index < -0.39 is 0 Å². The van der Waals surface area contributed by atoms with Crippen LogP contribution in [0.25, 0.3) is 10.9 Å². The van der Waals surface area contributed by atoms with Gasteiger partial charge in [0.15, 0.2) is 0 Å². The fraction of sp³-hybridized carbons (Fsp3) is 0.200. The molecule has 0 saturated heterocycles. The fourth-order valence-corrected chi connectivity index (χ4v) is 1.67. The van der Waals surface area contributed by atoms with Crippen LogP contribution in [-0.4, -0.2) is 9.67 Å². The van der Waals surface area contributed by atoms with Gasteiger partial charge in [-0.15, -0.1) is 0 Å². The van der Waals surface area contributed by atoms with Gasteiger partial charge in [0, 0.05) is 18.1 Å². The summed E-state index contributed by atoms with van der Waals surface area (Å²) in [6.07, 6.45) is 0. The number of benzene rings is 1. The summed E-state index contributed by atoms with van der Waals surface area (Å²) in [4.78, 5) is 4.58. The zero-order chi connectivity index (χ0) is 10.1. The molecular weight excluding hydrogens is 180 g/mol. The topological polar surface area (TPSA) is 60.4 Å². The smallest absolute Gasteiger partial charge is 0.139 e. The van der Waals surface area contributed by atoms with Crippen molar-refractivity contribution in [1.82, 2.24) is 4.57 Å². The van der Waals surface area contributed by atoms with Gasteiger partial charge in [0.05, 0.1) is 5.52 Å². The summed E-state index contributed by atoms with van der Waals surface area (Å²) in [6.45, 7) is 0.338. The second kappa shape index (κ2) is 3.32. The zero-order valence-electron chi connectivity index (χ0n) is 7.90.